The molecule has 2 aromatic rings. The summed E-state index contributed by atoms with van der Waals surface area (Å²) in [7, 11) is 0. The van der Waals surface area contributed by atoms with Crippen molar-refractivity contribution in [3.8, 4) is 0 Å². The largest absolute Gasteiger partial charge is 0.383 e. The van der Waals surface area contributed by atoms with Crippen LogP contribution in [0, 0.1) is 18.6 Å². The van der Waals surface area contributed by atoms with Crippen molar-refractivity contribution in [1.82, 2.24) is 0 Å². The minimum atomic E-state index is -1.45. The van der Waals surface area contributed by atoms with E-state index < -0.39 is 17.7 Å². The number of aliphatic hydroxyl groups excluding tert-OH is 1. The van der Waals surface area contributed by atoms with Gasteiger partial charge >= 0.3 is 0 Å². The molecule has 5 heteroatoms. The fourth-order valence-corrected chi connectivity index (χ4v) is 2.41. The van der Waals surface area contributed by atoms with Crippen LogP contribution in [0.2, 0.25) is 5.02 Å². The molecule has 0 saturated carbocycles. The zero-order valence-corrected chi connectivity index (χ0v) is 12.3. The zero-order valence-electron chi connectivity index (χ0n) is 9.92. The summed E-state index contributed by atoms with van der Waals surface area (Å²) in [6.45, 7) is 1.51. The van der Waals surface area contributed by atoms with E-state index in [1.807, 2.05) is 0 Å². The third-order valence-electron chi connectivity index (χ3n) is 2.85. The Morgan fingerprint density at radius 1 is 1.21 bits per heavy atom. The lowest BCUT2D eigenvalue weighted by Gasteiger charge is -2.16. The number of benzene rings is 2. The molecule has 0 radical (unpaired) electrons. The van der Waals surface area contributed by atoms with Gasteiger partial charge in [0.05, 0.1) is 5.56 Å². The first-order valence-corrected chi connectivity index (χ1v) is 6.66. The molecule has 0 fully saturated rings. The summed E-state index contributed by atoms with van der Waals surface area (Å²) < 4.78 is 28.4. The number of hydrogen-bond donors (Lipinski definition) is 1. The number of hydrogen-bond acceptors (Lipinski definition) is 1. The molecule has 19 heavy (non-hydrogen) atoms. The van der Waals surface area contributed by atoms with Crippen molar-refractivity contribution in [3.05, 3.63) is 68.2 Å². The van der Waals surface area contributed by atoms with E-state index in [1.165, 1.54) is 19.1 Å². The standard InChI is InChI=1S/C14H10BrClF2O/c1-7-2-5-11(17)12(13(7)18)14(19)9-6-8(15)3-4-10(9)16/h2-6,14,19H,1H3. The Labute approximate surface area is 123 Å². The van der Waals surface area contributed by atoms with Crippen molar-refractivity contribution in [1.29, 1.82) is 0 Å². The lowest BCUT2D eigenvalue weighted by molar-refractivity contribution is 0.209. The van der Waals surface area contributed by atoms with E-state index in [0.717, 1.165) is 6.07 Å². The van der Waals surface area contributed by atoms with Crippen molar-refractivity contribution in [2.45, 2.75) is 13.0 Å². The fraction of sp³-hybridized carbons (Fsp3) is 0.143. The highest BCUT2D eigenvalue weighted by Crippen LogP contribution is 2.33. The topological polar surface area (TPSA) is 20.2 Å². The van der Waals surface area contributed by atoms with Gasteiger partial charge in [0.15, 0.2) is 0 Å². The number of aryl methyl sites for hydroxylation is 1. The molecule has 0 bridgehead atoms. The van der Waals surface area contributed by atoms with E-state index in [-0.39, 0.29) is 21.7 Å². The molecule has 2 rings (SSSR count). The van der Waals surface area contributed by atoms with Crippen molar-refractivity contribution >= 4 is 27.5 Å². The van der Waals surface area contributed by atoms with Gasteiger partial charge in [-0.1, -0.05) is 33.6 Å². The van der Waals surface area contributed by atoms with E-state index in [1.54, 1.807) is 12.1 Å². The van der Waals surface area contributed by atoms with Crippen LogP contribution in [0.25, 0.3) is 0 Å². The van der Waals surface area contributed by atoms with Crippen molar-refractivity contribution < 1.29 is 13.9 Å². The van der Waals surface area contributed by atoms with Crippen LogP contribution in [0.15, 0.2) is 34.8 Å². The molecule has 0 aliphatic heterocycles. The molecule has 1 atom stereocenters. The van der Waals surface area contributed by atoms with Crippen molar-refractivity contribution in [2.75, 3.05) is 0 Å². The summed E-state index contributed by atoms with van der Waals surface area (Å²) in [4.78, 5) is 0. The Hall–Kier alpha value is -0.970. The first-order valence-electron chi connectivity index (χ1n) is 5.49. The monoisotopic (exact) mass is 346 g/mol. The van der Waals surface area contributed by atoms with E-state index in [2.05, 4.69) is 15.9 Å². The summed E-state index contributed by atoms with van der Waals surface area (Å²) in [5.74, 6) is -1.56. The second kappa shape index (κ2) is 5.57. The predicted octanol–water partition coefficient (Wildman–Crippen LogP) is 4.77. The molecule has 0 aliphatic carbocycles. The third-order valence-corrected chi connectivity index (χ3v) is 3.68. The van der Waals surface area contributed by atoms with Crippen LogP contribution in [0.1, 0.15) is 22.8 Å². The van der Waals surface area contributed by atoms with Crippen LogP contribution >= 0.6 is 27.5 Å². The smallest absolute Gasteiger partial charge is 0.135 e. The Bertz CT molecular complexity index is 631. The van der Waals surface area contributed by atoms with Gasteiger partial charge in [0.2, 0.25) is 0 Å². The number of rotatable bonds is 2. The zero-order chi connectivity index (χ0) is 14.2. The van der Waals surface area contributed by atoms with E-state index >= 15 is 0 Å². The molecular weight excluding hydrogens is 338 g/mol. The molecule has 0 saturated heterocycles. The maximum atomic E-state index is 14.0. The Balaban J connectivity index is 2.59. The molecule has 2 aromatic carbocycles. The van der Waals surface area contributed by atoms with E-state index in [4.69, 9.17) is 11.6 Å². The first kappa shape index (κ1) is 14.4. The van der Waals surface area contributed by atoms with Crippen LogP contribution in [0.3, 0.4) is 0 Å². The second-order valence-corrected chi connectivity index (χ2v) is 5.48. The van der Waals surface area contributed by atoms with Crippen LogP contribution in [0.4, 0.5) is 8.78 Å². The van der Waals surface area contributed by atoms with E-state index in [0.29, 0.717) is 4.47 Å². The Morgan fingerprint density at radius 3 is 2.58 bits per heavy atom. The van der Waals surface area contributed by atoms with Crippen LogP contribution in [0.5, 0.6) is 0 Å². The molecule has 1 unspecified atom stereocenters. The minimum Gasteiger partial charge on any atom is -0.383 e. The van der Waals surface area contributed by atoms with Crippen molar-refractivity contribution in [3.63, 3.8) is 0 Å². The van der Waals surface area contributed by atoms with Gasteiger partial charge in [-0.2, -0.15) is 0 Å². The molecule has 100 valence electrons. The van der Waals surface area contributed by atoms with Gasteiger partial charge in [-0.25, -0.2) is 8.78 Å². The lowest BCUT2D eigenvalue weighted by atomic mass is 9.98. The lowest BCUT2D eigenvalue weighted by Crippen LogP contribution is -2.07. The van der Waals surface area contributed by atoms with E-state index in [9.17, 15) is 13.9 Å². The molecule has 0 spiro atoms. The summed E-state index contributed by atoms with van der Waals surface area (Å²) in [6.07, 6.45) is -1.45. The van der Waals surface area contributed by atoms with Gasteiger partial charge in [-0.15, -0.1) is 0 Å². The predicted molar refractivity (Wildman–Crippen MR) is 74.3 cm³/mol. The molecule has 0 heterocycles. The molecular formula is C14H10BrClF2O. The van der Waals surface area contributed by atoms with Gasteiger partial charge < -0.3 is 5.11 Å². The second-order valence-electron chi connectivity index (χ2n) is 4.16. The molecule has 1 nitrogen and oxygen atoms in total. The number of aliphatic hydroxyl groups is 1. The van der Waals surface area contributed by atoms with Gasteiger partial charge in [0.25, 0.3) is 0 Å². The molecule has 0 aliphatic rings. The Morgan fingerprint density at radius 2 is 1.89 bits per heavy atom. The van der Waals surface area contributed by atoms with Gasteiger partial charge in [-0.3, -0.25) is 0 Å². The van der Waals surface area contributed by atoms with Gasteiger partial charge in [0, 0.05) is 15.1 Å². The third kappa shape index (κ3) is 2.81. The Kier molecular flexibility index (Phi) is 4.23. The van der Waals surface area contributed by atoms with Gasteiger partial charge in [-0.05, 0) is 36.8 Å². The summed E-state index contributed by atoms with van der Waals surface area (Å²) >= 11 is 9.19. The summed E-state index contributed by atoms with van der Waals surface area (Å²) in [5.41, 5.74) is 0.126. The summed E-state index contributed by atoms with van der Waals surface area (Å²) in [5, 5.41) is 10.4. The number of halogens is 4. The van der Waals surface area contributed by atoms with Crippen LogP contribution in [-0.2, 0) is 0 Å². The fourth-order valence-electron chi connectivity index (χ4n) is 1.81. The highest BCUT2D eigenvalue weighted by molar-refractivity contribution is 9.10. The maximum absolute atomic E-state index is 14.0. The van der Waals surface area contributed by atoms with Gasteiger partial charge in [0.1, 0.15) is 17.7 Å². The minimum absolute atomic E-state index is 0.246. The summed E-state index contributed by atoms with van der Waals surface area (Å²) in [6, 6.07) is 7.22. The quantitative estimate of drug-likeness (QED) is 0.829. The SMILES string of the molecule is Cc1ccc(F)c(C(O)c2cc(Br)ccc2Cl)c1F. The molecule has 1 N–H and O–H groups in total. The van der Waals surface area contributed by atoms with Crippen LogP contribution in [-0.4, -0.2) is 5.11 Å². The first-order chi connectivity index (χ1) is 8.91. The highest BCUT2D eigenvalue weighted by Gasteiger charge is 2.23. The molecule has 0 amide bonds. The average molecular weight is 348 g/mol. The van der Waals surface area contributed by atoms with Crippen molar-refractivity contribution in [2.24, 2.45) is 0 Å². The maximum Gasteiger partial charge on any atom is 0.135 e. The van der Waals surface area contributed by atoms with Crippen LogP contribution < -0.4 is 0 Å². The molecule has 0 aromatic heterocycles. The normalized spacial score (nSPS) is 12.5. The average Bonchev–Trinajstić information content (AvgIpc) is 2.37. The highest BCUT2D eigenvalue weighted by atomic mass is 79.9.